The maximum absolute atomic E-state index is 11.9. The molecule has 2 N–H and O–H groups in total. The molecule has 0 aliphatic rings. The zero-order valence-corrected chi connectivity index (χ0v) is 22.6. The van der Waals surface area contributed by atoms with Gasteiger partial charge in [0.05, 0.1) is 12.3 Å². The number of carbonyl (C=O) groups excluding carboxylic acids is 1. The van der Waals surface area contributed by atoms with E-state index in [0.717, 1.165) is 68.6 Å². The molecule has 0 bridgehead atoms. The lowest BCUT2D eigenvalue weighted by molar-refractivity contribution is -0.114. The van der Waals surface area contributed by atoms with Crippen molar-refractivity contribution in [1.29, 1.82) is 0 Å². The number of ether oxygens (including phenoxy) is 2. The minimum atomic E-state index is -0.109. The SMILES string of the molecule is CCCCOc1ccc(CCNC(CCCC)c2ccc(OCc3ccccc3)c(NC(C)=O)c2)cc1. The van der Waals surface area contributed by atoms with Crippen molar-refractivity contribution < 1.29 is 14.3 Å². The van der Waals surface area contributed by atoms with E-state index in [1.165, 1.54) is 12.5 Å². The van der Waals surface area contributed by atoms with Crippen LogP contribution in [0.2, 0.25) is 0 Å². The second-order valence-corrected chi connectivity index (χ2v) is 9.46. The zero-order chi connectivity index (χ0) is 26.3. The molecule has 0 spiro atoms. The first-order valence-electron chi connectivity index (χ1n) is 13.6. The fourth-order valence-electron chi connectivity index (χ4n) is 4.19. The number of amides is 1. The number of anilines is 1. The molecule has 0 aliphatic heterocycles. The summed E-state index contributed by atoms with van der Waals surface area (Å²) in [5.74, 6) is 1.51. The van der Waals surface area contributed by atoms with Crippen LogP contribution in [0.4, 0.5) is 5.69 Å². The zero-order valence-electron chi connectivity index (χ0n) is 22.6. The van der Waals surface area contributed by atoms with Crippen LogP contribution in [0.1, 0.15) is 75.6 Å². The number of nitrogens with one attached hydrogen (secondary N) is 2. The Kier molecular flexibility index (Phi) is 12.0. The molecule has 0 saturated heterocycles. The minimum Gasteiger partial charge on any atom is -0.494 e. The summed E-state index contributed by atoms with van der Waals surface area (Å²) >= 11 is 0. The molecule has 0 radical (unpaired) electrons. The summed E-state index contributed by atoms with van der Waals surface area (Å²) in [6.45, 7) is 8.00. The Morgan fingerprint density at radius 3 is 2.32 bits per heavy atom. The van der Waals surface area contributed by atoms with Crippen LogP contribution in [0.15, 0.2) is 72.8 Å². The van der Waals surface area contributed by atoms with Gasteiger partial charge in [0.25, 0.3) is 0 Å². The molecule has 5 heteroatoms. The highest BCUT2D eigenvalue weighted by Crippen LogP contribution is 2.31. The number of hydrogen-bond acceptors (Lipinski definition) is 4. The summed E-state index contributed by atoms with van der Waals surface area (Å²) in [6, 6.07) is 24.8. The van der Waals surface area contributed by atoms with Gasteiger partial charge in [-0.2, -0.15) is 0 Å². The van der Waals surface area contributed by atoms with Crippen LogP contribution in [-0.4, -0.2) is 19.1 Å². The highest BCUT2D eigenvalue weighted by molar-refractivity contribution is 5.90. The van der Waals surface area contributed by atoms with Crippen LogP contribution in [0.3, 0.4) is 0 Å². The summed E-state index contributed by atoms with van der Waals surface area (Å²) in [5, 5.41) is 6.71. The van der Waals surface area contributed by atoms with E-state index in [9.17, 15) is 4.79 Å². The molecule has 0 fully saturated rings. The number of unbranched alkanes of at least 4 members (excludes halogenated alkanes) is 2. The first-order chi connectivity index (χ1) is 18.1. The maximum Gasteiger partial charge on any atom is 0.221 e. The van der Waals surface area contributed by atoms with Crippen molar-refractivity contribution in [3.05, 3.63) is 89.5 Å². The van der Waals surface area contributed by atoms with Gasteiger partial charge >= 0.3 is 0 Å². The Morgan fingerprint density at radius 2 is 1.62 bits per heavy atom. The topological polar surface area (TPSA) is 59.6 Å². The summed E-state index contributed by atoms with van der Waals surface area (Å²) in [4.78, 5) is 11.9. The van der Waals surface area contributed by atoms with Crippen molar-refractivity contribution in [2.24, 2.45) is 0 Å². The predicted molar refractivity (Wildman–Crippen MR) is 152 cm³/mol. The predicted octanol–water partition coefficient (Wildman–Crippen LogP) is 7.47. The summed E-state index contributed by atoms with van der Waals surface area (Å²) in [6.07, 6.45) is 6.45. The van der Waals surface area contributed by atoms with Crippen molar-refractivity contribution in [3.63, 3.8) is 0 Å². The smallest absolute Gasteiger partial charge is 0.221 e. The van der Waals surface area contributed by atoms with Gasteiger partial charge < -0.3 is 20.1 Å². The Balaban J connectivity index is 1.64. The quantitative estimate of drug-likeness (QED) is 0.200. The van der Waals surface area contributed by atoms with Gasteiger partial charge in [0, 0.05) is 13.0 Å². The van der Waals surface area contributed by atoms with E-state index in [1.54, 1.807) is 0 Å². The second kappa shape index (κ2) is 15.7. The van der Waals surface area contributed by atoms with Crippen molar-refractivity contribution >= 4 is 11.6 Å². The molecule has 5 nitrogen and oxygen atoms in total. The third kappa shape index (κ3) is 9.93. The molecule has 1 atom stereocenters. The van der Waals surface area contributed by atoms with E-state index < -0.39 is 0 Å². The Hall–Kier alpha value is -3.31. The molecule has 3 aromatic rings. The highest BCUT2D eigenvalue weighted by atomic mass is 16.5. The van der Waals surface area contributed by atoms with Crippen LogP contribution in [0.5, 0.6) is 11.5 Å². The molecule has 0 saturated carbocycles. The summed E-state index contributed by atoms with van der Waals surface area (Å²) in [7, 11) is 0. The maximum atomic E-state index is 11.9. The van der Waals surface area contributed by atoms with Gasteiger partial charge in [-0.3, -0.25) is 4.79 Å². The molecule has 1 amide bonds. The molecule has 1 unspecified atom stereocenters. The van der Waals surface area contributed by atoms with Crippen LogP contribution >= 0.6 is 0 Å². The van der Waals surface area contributed by atoms with Gasteiger partial charge in [-0.25, -0.2) is 0 Å². The third-order valence-electron chi connectivity index (χ3n) is 6.29. The molecule has 3 aromatic carbocycles. The normalized spacial score (nSPS) is 11.6. The average Bonchev–Trinajstić information content (AvgIpc) is 2.91. The average molecular weight is 503 g/mol. The van der Waals surface area contributed by atoms with E-state index in [1.807, 2.05) is 36.4 Å². The van der Waals surface area contributed by atoms with Crippen LogP contribution in [-0.2, 0) is 17.8 Å². The third-order valence-corrected chi connectivity index (χ3v) is 6.29. The molecule has 37 heavy (non-hydrogen) atoms. The van der Waals surface area contributed by atoms with Crippen LogP contribution < -0.4 is 20.1 Å². The molecule has 0 aliphatic carbocycles. The van der Waals surface area contributed by atoms with Gasteiger partial charge in [-0.05, 0) is 66.8 Å². The highest BCUT2D eigenvalue weighted by Gasteiger charge is 2.15. The number of carbonyl (C=O) groups is 1. The van der Waals surface area contributed by atoms with Gasteiger partial charge in [-0.1, -0.05) is 81.6 Å². The van der Waals surface area contributed by atoms with Gasteiger partial charge in [0.1, 0.15) is 18.1 Å². The molecule has 198 valence electrons. The fraction of sp³-hybridized carbons (Fsp3) is 0.406. The monoisotopic (exact) mass is 502 g/mol. The van der Waals surface area contributed by atoms with E-state index >= 15 is 0 Å². The number of benzene rings is 3. The fourth-order valence-corrected chi connectivity index (χ4v) is 4.19. The largest absolute Gasteiger partial charge is 0.494 e. The van der Waals surface area contributed by atoms with Crippen molar-refractivity contribution in [1.82, 2.24) is 5.32 Å². The van der Waals surface area contributed by atoms with Crippen molar-refractivity contribution in [3.8, 4) is 11.5 Å². The molecule has 3 rings (SSSR count). The minimum absolute atomic E-state index is 0.109. The van der Waals surface area contributed by atoms with E-state index in [-0.39, 0.29) is 11.9 Å². The summed E-state index contributed by atoms with van der Waals surface area (Å²) < 4.78 is 11.9. The van der Waals surface area contributed by atoms with Crippen LogP contribution in [0, 0.1) is 0 Å². The molecule has 0 aromatic heterocycles. The Bertz CT molecular complexity index is 1070. The number of hydrogen-bond donors (Lipinski definition) is 2. The lowest BCUT2D eigenvalue weighted by Gasteiger charge is -2.21. The van der Waals surface area contributed by atoms with E-state index in [2.05, 4.69) is 60.9 Å². The first kappa shape index (κ1) is 28.3. The molecule has 0 heterocycles. The Labute approximate surface area is 222 Å². The second-order valence-electron chi connectivity index (χ2n) is 9.46. The number of rotatable bonds is 16. The van der Waals surface area contributed by atoms with Crippen molar-refractivity contribution in [2.45, 2.75) is 71.9 Å². The molecular weight excluding hydrogens is 460 g/mol. The van der Waals surface area contributed by atoms with E-state index in [4.69, 9.17) is 9.47 Å². The van der Waals surface area contributed by atoms with Gasteiger partial charge in [0.2, 0.25) is 5.91 Å². The van der Waals surface area contributed by atoms with Crippen molar-refractivity contribution in [2.75, 3.05) is 18.5 Å². The van der Waals surface area contributed by atoms with Gasteiger partial charge in [-0.15, -0.1) is 0 Å². The van der Waals surface area contributed by atoms with E-state index in [0.29, 0.717) is 18.0 Å². The van der Waals surface area contributed by atoms with Crippen LogP contribution in [0.25, 0.3) is 0 Å². The lowest BCUT2D eigenvalue weighted by Crippen LogP contribution is -2.24. The Morgan fingerprint density at radius 1 is 0.865 bits per heavy atom. The first-order valence-corrected chi connectivity index (χ1v) is 13.6. The lowest BCUT2D eigenvalue weighted by atomic mass is 9.99. The standard InChI is InChI=1S/C32H42N2O3/c1-4-6-13-30(33-21-20-26-14-17-29(18-15-26)36-22-7-5-2)28-16-19-32(31(23-28)34-25(3)35)37-24-27-11-9-8-10-12-27/h8-12,14-19,23,30,33H,4-7,13,20-22,24H2,1-3H3,(H,34,35). The van der Waals surface area contributed by atoms with Gasteiger partial charge in [0.15, 0.2) is 0 Å². The summed E-state index contributed by atoms with van der Waals surface area (Å²) in [5.41, 5.74) is 4.24. The molecular formula is C32H42N2O3.